The number of ether oxygens (including phenoxy) is 1. The molecule has 30 heavy (non-hydrogen) atoms. The third-order valence-electron chi connectivity index (χ3n) is 5.47. The molecular formula is C24H23N3O3. The lowest BCUT2D eigenvalue weighted by Crippen LogP contribution is -2.51. The van der Waals surface area contributed by atoms with Gasteiger partial charge in [0.1, 0.15) is 6.04 Å². The van der Waals surface area contributed by atoms with Gasteiger partial charge in [0.15, 0.2) is 6.10 Å². The van der Waals surface area contributed by atoms with E-state index in [-0.39, 0.29) is 0 Å². The number of hydrazine groups is 1. The molecule has 3 N–H and O–H groups in total. The van der Waals surface area contributed by atoms with Gasteiger partial charge in [-0.3, -0.25) is 15.1 Å². The highest BCUT2D eigenvalue weighted by molar-refractivity contribution is 5.86. The average Bonchev–Trinajstić information content (AvgIpc) is 3.11. The molecule has 0 aromatic heterocycles. The molecule has 0 unspecified atom stereocenters. The Hall–Kier alpha value is -3.64. The Morgan fingerprint density at radius 3 is 2.03 bits per heavy atom. The highest BCUT2D eigenvalue weighted by Crippen LogP contribution is 2.45. The Morgan fingerprint density at radius 1 is 0.933 bits per heavy atom. The minimum atomic E-state index is -0.795. The lowest BCUT2D eigenvalue weighted by Gasteiger charge is -2.28. The largest absolute Gasteiger partial charge is 0.436 e. The number of hydrogen-bond acceptors (Lipinski definition) is 4. The number of carbonyl (C=O) groups excluding carboxylic acids is 2. The second-order valence-electron chi connectivity index (χ2n) is 7.26. The van der Waals surface area contributed by atoms with Crippen LogP contribution in [0.5, 0.6) is 0 Å². The summed E-state index contributed by atoms with van der Waals surface area (Å²) >= 11 is 0. The number of nitrogens with zero attached hydrogens (tertiary/aromatic N) is 1. The number of amides is 2. The van der Waals surface area contributed by atoms with Crippen LogP contribution in [0, 0.1) is 0 Å². The Morgan fingerprint density at radius 2 is 1.47 bits per heavy atom. The topological polar surface area (TPSA) is 84.7 Å². The molecule has 1 aliphatic carbocycles. The molecule has 152 valence electrons. The van der Waals surface area contributed by atoms with E-state index < -0.39 is 24.1 Å². The molecular weight excluding hydrogens is 378 g/mol. The monoisotopic (exact) mass is 401 g/mol. The van der Waals surface area contributed by atoms with E-state index in [1.807, 2.05) is 78.9 Å². The maximum absolute atomic E-state index is 13.1. The van der Waals surface area contributed by atoms with Crippen LogP contribution in [-0.4, -0.2) is 30.0 Å². The molecule has 0 saturated carbocycles. The highest BCUT2D eigenvalue weighted by atomic mass is 16.6. The molecule has 4 rings (SSSR count). The second kappa shape index (κ2) is 8.39. The van der Waals surface area contributed by atoms with Crippen LogP contribution in [0.25, 0.3) is 11.1 Å². The molecule has 0 heterocycles. The van der Waals surface area contributed by atoms with Crippen LogP contribution in [0.4, 0.5) is 4.79 Å². The van der Waals surface area contributed by atoms with Gasteiger partial charge >= 0.3 is 6.09 Å². The van der Waals surface area contributed by atoms with Gasteiger partial charge < -0.3 is 4.74 Å². The molecule has 0 bridgehead atoms. The standard InChI is InChI=1S/C24H23N3O3/c1-27(21(23(28)26-25)15-16-9-3-2-4-10-16)24(29)30-22-19-13-7-5-11-17(19)18-12-6-8-14-20(18)22/h2-14,21-22H,15,25H2,1H3,(H,26,28)/t21-/m0/s1. The molecule has 3 aromatic rings. The fourth-order valence-electron chi connectivity index (χ4n) is 3.89. The van der Waals surface area contributed by atoms with Crippen LogP contribution in [0.1, 0.15) is 22.8 Å². The molecule has 1 aliphatic rings. The minimum Gasteiger partial charge on any atom is -0.436 e. The summed E-state index contributed by atoms with van der Waals surface area (Å²) in [6.45, 7) is 0. The molecule has 0 aliphatic heterocycles. The van der Waals surface area contributed by atoms with Gasteiger partial charge in [0, 0.05) is 24.6 Å². The predicted octanol–water partition coefficient (Wildman–Crippen LogP) is 3.43. The van der Waals surface area contributed by atoms with Gasteiger partial charge in [0.25, 0.3) is 5.91 Å². The van der Waals surface area contributed by atoms with Crippen molar-refractivity contribution in [3.63, 3.8) is 0 Å². The summed E-state index contributed by atoms with van der Waals surface area (Å²) in [5.41, 5.74) is 7.04. The number of benzene rings is 3. The summed E-state index contributed by atoms with van der Waals surface area (Å²) in [6.07, 6.45) is -0.783. The fraction of sp³-hybridized carbons (Fsp3) is 0.167. The van der Waals surface area contributed by atoms with Crippen molar-refractivity contribution < 1.29 is 14.3 Å². The van der Waals surface area contributed by atoms with Crippen LogP contribution >= 0.6 is 0 Å². The number of hydrogen-bond donors (Lipinski definition) is 2. The van der Waals surface area contributed by atoms with E-state index in [0.717, 1.165) is 27.8 Å². The van der Waals surface area contributed by atoms with Gasteiger partial charge in [-0.25, -0.2) is 10.6 Å². The third-order valence-corrected chi connectivity index (χ3v) is 5.47. The summed E-state index contributed by atoms with van der Waals surface area (Å²) < 4.78 is 5.91. The quantitative estimate of drug-likeness (QED) is 0.390. The van der Waals surface area contributed by atoms with Crippen molar-refractivity contribution in [1.82, 2.24) is 10.3 Å². The molecule has 0 spiro atoms. The fourth-order valence-corrected chi connectivity index (χ4v) is 3.89. The molecule has 0 radical (unpaired) electrons. The van der Waals surface area contributed by atoms with E-state index in [4.69, 9.17) is 10.6 Å². The first-order chi connectivity index (χ1) is 14.6. The van der Waals surface area contributed by atoms with Crippen molar-refractivity contribution in [3.05, 3.63) is 95.6 Å². The van der Waals surface area contributed by atoms with Gasteiger partial charge in [-0.2, -0.15) is 0 Å². The Bertz CT molecular complexity index is 1020. The minimum absolute atomic E-state index is 0.327. The maximum atomic E-state index is 13.1. The normalized spacial score (nSPS) is 13.1. The number of nitrogens with one attached hydrogen (secondary N) is 1. The lowest BCUT2D eigenvalue weighted by atomic mass is 10.0. The van der Waals surface area contributed by atoms with Gasteiger partial charge in [-0.15, -0.1) is 0 Å². The molecule has 0 saturated heterocycles. The van der Waals surface area contributed by atoms with Crippen molar-refractivity contribution in [2.75, 3.05) is 7.05 Å². The zero-order valence-corrected chi connectivity index (χ0v) is 16.6. The zero-order valence-electron chi connectivity index (χ0n) is 16.6. The first-order valence-electron chi connectivity index (χ1n) is 9.76. The summed E-state index contributed by atoms with van der Waals surface area (Å²) in [6, 6.07) is 24.4. The number of rotatable bonds is 5. The average molecular weight is 401 g/mol. The molecule has 6 heteroatoms. The van der Waals surface area contributed by atoms with Gasteiger partial charge in [0.2, 0.25) is 0 Å². The van der Waals surface area contributed by atoms with E-state index in [1.54, 1.807) is 7.05 Å². The third kappa shape index (κ3) is 3.65. The van der Waals surface area contributed by atoms with Crippen molar-refractivity contribution in [2.45, 2.75) is 18.6 Å². The first kappa shape index (κ1) is 19.7. The van der Waals surface area contributed by atoms with E-state index in [1.165, 1.54) is 4.90 Å². The second-order valence-corrected chi connectivity index (χ2v) is 7.26. The summed E-state index contributed by atoms with van der Waals surface area (Å²) in [7, 11) is 1.55. The SMILES string of the molecule is CN(C(=O)OC1c2ccccc2-c2ccccc21)[C@@H](Cc1ccccc1)C(=O)NN. The predicted molar refractivity (Wildman–Crippen MR) is 114 cm³/mol. The summed E-state index contributed by atoms with van der Waals surface area (Å²) in [5.74, 6) is 4.92. The molecule has 1 atom stereocenters. The lowest BCUT2D eigenvalue weighted by molar-refractivity contribution is -0.125. The Labute approximate surface area is 175 Å². The van der Waals surface area contributed by atoms with Crippen molar-refractivity contribution >= 4 is 12.0 Å². The van der Waals surface area contributed by atoms with Crippen molar-refractivity contribution in [3.8, 4) is 11.1 Å². The maximum Gasteiger partial charge on any atom is 0.411 e. The smallest absolute Gasteiger partial charge is 0.411 e. The molecule has 6 nitrogen and oxygen atoms in total. The van der Waals surface area contributed by atoms with E-state index in [0.29, 0.717) is 6.42 Å². The summed E-state index contributed by atoms with van der Waals surface area (Å²) in [5, 5.41) is 0. The van der Waals surface area contributed by atoms with E-state index in [9.17, 15) is 9.59 Å². The van der Waals surface area contributed by atoms with Gasteiger partial charge in [-0.1, -0.05) is 78.9 Å². The number of likely N-dealkylation sites (N-methyl/N-ethyl adjacent to an activating group) is 1. The Kier molecular flexibility index (Phi) is 5.50. The summed E-state index contributed by atoms with van der Waals surface area (Å²) in [4.78, 5) is 26.8. The van der Waals surface area contributed by atoms with Crippen LogP contribution in [-0.2, 0) is 16.0 Å². The Balaban J connectivity index is 1.58. The first-order valence-corrected chi connectivity index (χ1v) is 9.76. The van der Waals surface area contributed by atoms with Crippen molar-refractivity contribution in [2.24, 2.45) is 5.84 Å². The molecule has 3 aromatic carbocycles. The van der Waals surface area contributed by atoms with E-state index in [2.05, 4.69) is 5.43 Å². The zero-order chi connectivity index (χ0) is 21.1. The molecule has 0 fully saturated rings. The van der Waals surface area contributed by atoms with Gasteiger partial charge in [-0.05, 0) is 16.7 Å². The highest BCUT2D eigenvalue weighted by Gasteiger charge is 2.34. The van der Waals surface area contributed by atoms with E-state index >= 15 is 0 Å². The van der Waals surface area contributed by atoms with Crippen LogP contribution in [0.3, 0.4) is 0 Å². The van der Waals surface area contributed by atoms with Crippen LogP contribution < -0.4 is 11.3 Å². The number of carbonyl (C=O) groups is 2. The van der Waals surface area contributed by atoms with Crippen LogP contribution in [0.15, 0.2) is 78.9 Å². The molecule has 2 amide bonds. The van der Waals surface area contributed by atoms with Crippen molar-refractivity contribution in [1.29, 1.82) is 0 Å². The van der Waals surface area contributed by atoms with Gasteiger partial charge in [0.05, 0.1) is 0 Å². The van der Waals surface area contributed by atoms with Crippen LogP contribution in [0.2, 0.25) is 0 Å². The number of fused-ring (bicyclic) bond motifs is 3. The number of nitrogens with two attached hydrogens (primary N) is 1.